The summed E-state index contributed by atoms with van der Waals surface area (Å²) in [5, 5.41) is 3.30. The second kappa shape index (κ2) is 8.65. The molecule has 0 aliphatic heterocycles. The van der Waals surface area contributed by atoms with Gasteiger partial charge in [0.1, 0.15) is 5.76 Å². The second-order valence-electron chi connectivity index (χ2n) is 6.48. The Morgan fingerprint density at radius 2 is 1.93 bits per heavy atom. The molecule has 1 aliphatic rings. The summed E-state index contributed by atoms with van der Waals surface area (Å²) in [5.41, 5.74) is 0. The topological polar surface area (TPSA) is 79.6 Å². The first kappa shape index (κ1) is 20.2. The smallest absolute Gasteiger partial charge is 0.244 e. The van der Waals surface area contributed by atoms with E-state index in [0.29, 0.717) is 5.76 Å². The van der Waals surface area contributed by atoms with Gasteiger partial charge in [-0.25, -0.2) is 8.42 Å². The first-order valence-corrected chi connectivity index (χ1v) is 10.8. The molecule has 2 aromatic rings. The summed E-state index contributed by atoms with van der Waals surface area (Å²) in [7, 11) is -3.98. The van der Waals surface area contributed by atoms with Crippen LogP contribution in [0.4, 0.5) is 0 Å². The molecule has 0 unspecified atom stereocenters. The van der Waals surface area contributed by atoms with E-state index >= 15 is 0 Å². The highest BCUT2D eigenvalue weighted by Gasteiger charge is 2.29. The van der Waals surface area contributed by atoms with Gasteiger partial charge in [0, 0.05) is 6.04 Å². The first-order valence-electron chi connectivity index (χ1n) is 8.63. The van der Waals surface area contributed by atoms with Crippen molar-refractivity contribution in [2.45, 2.75) is 43.2 Å². The summed E-state index contributed by atoms with van der Waals surface area (Å²) in [6.07, 6.45) is 5.44. The van der Waals surface area contributed by atoms with E-state index in [9.17, 15) is 13.2 Å². The Kier molecular flexibility index (Phi) is 6.47. The van der Waals surface area contributed by atoms with E-state index in [-0.39, 0.29) is 40.0 Å². The molecule has 1 aromatic heterocycles. The number of nitrogens with one attached hydrogen (secondary N) is 1. The number of hydrogen-bond acceptors (Lipinski definition) is 4. The fourth-order valence-corrected chi connectivity index (χ4v) is 4.84. The maximum atomic E-state index is 13.1. The van der Waals surface area contributed by atoms with Gasteiger partial charge in [-0.05, 0) is 43.2 Å². The van der Waals surface area contributed by atoms with Crippen LogP contribution < -0.4 is 5.32 Å². The number of sulfonamides is 1. The standard InChI is InChI=1S/C18H20Cl2N2O4S/c19-16-8-7-15(10-17(16)20)27(24,25)22(11-14-6-3-9-26-14)12-18(23)21-13-4-1-2-5-13/h3,6-10,13H,1-2,4-5,11-12H2,(H,21,23). The van der Waals surface area contributed by atoms with Gasteiger partial charge < -0.3 is 9.73 Å². The normalized spacial score (nSPS) is 15.4. The van der Waals surface area contributed by atoms with Gasteiger partial charge in [-0.15, -0.1) is 0 Å². The summed E-state index contributed by atoms with van der Waals surface area (Å²) in [6, 6.07) is 7.50. The molecule has 0 saturated heterocycles. The third-order valence-corrected chi connectivity index (χ3v) is 7.01. The Morgan fingerprint density at radius 3 is 2.56 bits per heavy atom. The zero-order valence-corrected chi connectivity index (χ0v) is 16.9. The van der Waals surface area contributed by atoms with E-state index in [4.69, 9.17) is 27.6 Å². The van der Waals surface area contributed by atoms with Gasteiger partial charge >= 0.3 is 0 Å². The zero-order valence-electron chi connectivity index (χ0n) is 14.5. The summed E-state index contributed by atoms with van der Waals surface area (Å²) in [6.45, 7) is -0.368. The Morgan fingerprint density at radius 1 is 1.19 bits per heavy atom. The van der Waals surface area contributed by atoms with Gasteiger partial charge in [0.2, 0.25) is 15.9 Å². The highest BCUT2D eigenvalue weighted by atomic mass is 35.5. The molecule has 0 spiro atoms. The molecule has 1 heterocycles. The SMILES string of the molecule is O=C(CN(Cc1ccco1)S(=O)(=O)c1ccc(Cl)c(Cl)c1)NC1CCCC1. The molecule has 0 bridgehead atoms. The number of carbonyl (C=O) groups excluding carboxylic acids is 1. The molecule has 146 valence electrons. The van der Waals surface area contributed by atoms with Crippen LogP contribution in [0.1, 0.15) is 31.4 Å². The molecule has 1 amide bonds. The molecule has 1 N–H and O–H groups in total. The van der Waals surface area contributed by atoms with Crippen LogP contribution >= 0.6 is 23.2 Å². The minimum atomic E-state index is -3.98. The van der Waals surface area contributed by atoms with Gasteiger partial charge in [0.05, 0.1) is 34.3 Å². The molecule has 1 saturated carbocycles. The van der Waals surface area contributed by atoms with E-state index < -0.39 is 10.0 Å². The lowest BCUT2D eigenvalue weighted by molar-refractivity contribution is -0.122. The molecule has 27 heavy (non-hydrogen) atoms. The molecule has 6 nitrogen and oxygen atoms in total. The van der Waals surface area contributed by atoms with Crippen molar-refractivity contribution < 1.29 is 17.6 Å². The van der Waals surface area contributed by atoms with Crippen molar-refractivity contribution in [2.75, 3.05) is 6.54 Å². The summed E-state index contributed by atoms with van der Waals surface area (Å²) >= 11 is 11.9. The van der Waals surface area contributed by atoms with E-state index in [0.717, 1.165) is 30.0 Å². The molecule has 0 radical (unpaired) electrons. The summed E-state index contributed by atoms with van der Waals surface area (Å²) < 4.78 is 32.5. The number of hydrogen-bond donors (Lipinski definition) is 1. The predicted molar refractivity (Wildman–Crippen MR) is 103 cm³/mol. The Labute approximate surface area is 168 Å². The van der Waals surface area contributed by atoms with Crippen LogP contribution in [0, 0.1) is 0 Å². The van der Waals surface area contributed by atoms with Gasteiger partial charge in [0.15, 0.2) is 0 Å². The lowest BCUT2D eigenvalue weighted by Gasteiger charge is -2.22. The maximum absolute atomic E-state index is 13.1. The third-order valence-electron chi connectivity index (χ3n) is 4.48. The number of carbonyl (C=O) groups is 1. The van der Waals surface area contributed by atoms with Gasteiger partial charge in [-0.1, -0.05) is 36.0 Å². The molecule has 1 aliphatic carbocycles. The molecule has 1 aromatic carbocycles. The van der Waals surface area contributed by atoms with Crippen molar-refractivity contribution in [3.8, 4) is 0 Å². The lowest BCUT2D eigenvalue weighted by Crippen LogP contribution is -2.43. The predicted octanol–water partition coefficient (Wildman–Crippen LogP) is 3.84. The number of rotatable bonds is 7. The highest BCUT2D eigenvalue weighted by Crippen LogP contribution is 2.27. The molecule has 1 fully saturated rings. The zero-order chi connectivity index (χ0) is 19.4. The van der Waals surface area contributed by atoms with E-state index in [1.165, 1.54) is 24.5 Å². The highest BCUT2D eigenvalue weighted by molar-refractivity contribution is 7.89. The van der Waals surface area contributed by atoms with E-state index in [1.807, 2.05) is 0 Å². The van der Waals surface area contributed by atoms with Gasteiger partial charge in [-0.2, -0.15) is 4.31 Å². The van der Waals surface area contributed by atoms with Crippen molar-refractivity contribution in [1.29, 1.82) is 0 Å². The van der Waals surface area contributed by atoms with Crippen LogP contribution in [-0.2, 0) is 21.4 Å². The van der Waals surface area contributed by atoms with Crippen LogP contribution in [0.3, 0.4) is 0 Å². The van der Waals surface area contributed by atoms with Crippen molar-refractivity contribution in [3.05, 3.63) is 52.4 Å². The fourth-order valence-electron chi connectivity index (χ4n) is 3.09. The molecular weight excluding hydrogens is 411 g/mol. The lowest BCUT2D eigenvalue weighted by atomic mass is 10.2. The van der Waals surface area contributed by atoms with E-state index in [1.54, 1.807) is 12.1 Å². The Bertz CT molecular complexity index is 894. The van der Waals surface area contributed by atoms with Crippen LogP contribution in [0.15, 0.2) is 45.9 Å². The average Bonchev–Trinajstić information content (AvgIpc) is 3.30. The fraction of sp³-hybridized carbons (Fsp3) is 0.389. The number of benzene rings is 1. The molecular formula is C18H20Cl2N2O4S. The second-order valence-corrected chi connectivity index (χ2v) is 9.23. The molecule has 9 heteroatoms. The minimum Gasteiger partial charge on any atom is -0.468 e. The van der Waals surface area contributed by atoms with Crippen LogP contribution in [0.5, 0.6) is 0 Å². The monoisotopic (exact) mass is 430 g/mol. The van der Waals surface area contributed by atoms with Crippen LogP contribution in [0.2, 0.25) is 10.0 Å². The van der Waals surface area contributed by atoms with Gasteiger partial charge in [0.25, 0.3) is 0 Å². The van der Waals surface area contributed by atoms with Crippen molar-refractivity contribution in [1.82, 2.24) is 9.62 Å². The number of halogens is 2. The van der Waals surface area contributed by atoms with Crippen LogP contribution in [-0.4, -0.2) is 31.2 Å². The van der Waals surface area contributed by atoms with Gasteiger partial charge in [-0.3, -0.25) is 4.79 Å². The van der Waals surface area contributed by atoms with Crippen molar-refractivity contribution in [3.63, 3.8) is 0 Å². The summed E-state index contributed by atoms with van der Waals surface area (Å²) in [5.74, 6) is 0.101. The maximum Gasteiger partial charge on any atom is 0.244 e. The van der Waals surface area contributed by atoms with E-state index in [2.05, 4.69) is 5.32 Å². The average molecular weight is 431 g/mol. The summed E-state index contributed by atoms with van der Waals surface area (Å²) in [4.78, 5) is 12.4. The Balaban J connectivity index is 1.83. The quantitative estimate of drug-likeness (QED) is 0.723. The molecule has 3 rings (SSSR count). The third kappa shape index (κ3) is 5.04. The van der Waals surface area contributed by atoms with Crippen LogP contribution in [0.25, 0.3) is 0 Å². The number of nitrogens with zero attached hydrogens (tertiary/aromatic N) is 1. The minimum absolute atomic E-state index is 0.0304. The van der Waals surface area contributed by atoms with Crippen molar-refractivity contribution >= 4 is 39.1 Å². The first-order chi connectivity index (χ1) is 12.9. The molecule has 0 atom stereocenters. The number of furan rings is 1. The number of amides is 1. The van der Waals surface area contributed by atoms with Crippen molar-refractivity contribution in [2.24, 2.45) is 0 Å². The largest absolute Gasteiger partial charge is 0.468 e. The Hall–Kier alpha value is -1.54.